The summed E-state index contributed by atoms with van der Waals surface area (Å²) in [5, 5.41) is 2.14. The Morgan fingerprint density at radius 1 is 1.44 bits per heavy atom. The summed E-state index contributed by atoms with van der Waals surface area (Å²) in [5.41, 5.74) is 6.67. The predicted molar refractivity (Wildman–Crippen MR) is 73.5 cm³/mol. The molecule has 8 heteroatoms. The Morgan fingerprint density at radius 3 is 2.72 bits per heavy atom. The van der Waals surface area contributed by atoms with Crippen LogP contribution in [0.2, 0.25) is 5.02 Å². The Kier molecular flexibility index (Phi) is 3.47. The molecule has 0 aliphatic carbocycles. The number of nitrogens with zero attached hydrogens (tertiary/aromatic N) is 1. The van der Waals surface area contributed by atoms with Crippen LogP contribution in [-0.2, 0) is 10.0 Å². The van der Waals surface area contributed by atoms with Gasteiger partial charge in [0, 0.05) is 11.1 Å². The lowest BCUT2D eigenvalue weighted by molar-refractivity contribution is 0.601. The van der Waals surface area contributed by atoms with Crippen molar-refractivity contribution in [3.05, 3.63) is 34.3 Å². The molecule has 0 aliphatic rings. The highest BCUT2D eigenvalue weighted by Crippen LogP contribution is 2.26. The van der Waals surface area contributed by atoms with E-state index in [0.717, 1.165) is 5.69 Å². The number of aryl methyl sites for hydroxylation is 1. The van der Waals surface area contributed by atoms with E-state index in [1.54, 1.807) is 12.3 Å². The van der Waals surface area contributed by atoms with Crippen LogP contribution in [-0.4, -0.2) is 13.4 Å². The zero-order chi connectivity index (χ0) is 13.3. The van der Waals surface area contributed by atoms with Gasteiger partial charge in [0.15, 0.2) is 5.13 Å². The first-order chi connectivity index (χ1) is 8.38. The smallest absolute Gasteiger partial charge is 0.265 e. The third-order valence-electron chi connectivity index (χ3n) is 2.09. The van der Waals surface area contributed by atoms with E-state index in [-0.39, 0.29) is 9.92 Å². The third-order valence-corrected chi connectivity index (χ3v) is 4.91. The van der Waals surface area contributed by atoms with Gasteiger partial charge in [0.2, 0.25) is 0 Å². The first-order valence-electron chi connectivity index (χ1n) is 4.88. The third kappa shape index (κ3) is 2.74. The summed E-state index contributed by atoms with van der Waals surface area (Å²) in [5.74, 6) is 0. The maximum Gasteiger partial charge on any atom is 0.265 e. The first-order valence-corrected chi connectivity index (χ1v) is 7.62. The zero-order valence-electron chi connectivity index (χ0n) is 9.34. The van der Waals surface area contributed by atoms with Crippen molar-refractivity contribution in [3.8, 4) is 0 Å². The maximum absolute atomic E-state index is 12.1. The SMILES string of the molecule is Cc1csc(NS(=O)(=O)c2ccc(N)cc2Cl)n1. The summed E-state index contributed by atoms with van der Waals surface area (Å²) < 4.78 is 26.5. The highest BCUT2D eigenvalue weighted by atomic mass is 35.5. The molecular weight excluding hydrogens is 294 g/mol. The molecule has 5 nitrogen and oxygen atoms in total. The molecule has 1 aromatic carbocycles. The van der Waals surface area contributed by atoms with Crippen LogP contribution in [0.3, 0.4) is 0 Å². The number of hydrogen-bond donors (Lipinski definition) is 2. The molecule has 0 amide bonds. The van der Waals surface area contributed by atoms with Crippen molar-refractivity contribution in [1.82, 2.24) is 4.98 Å². The van der Waals surface area contributed by atoms with Crippen LogP contribution in [0.4, 0.5) is 10.8 Å². The number of aromatic nitrogens is 1. The van der Waals surface area contributed by atoms with Gasteiger partial charge in [-0.2, -0.15) is 0 Å². The van der Waals surface area contributed by atoms with E-state index in [4.69, 9.17) is 17.3 Å². The van der Waals surface area contributed by atoms with E-state index in [2.05, 4.69) is 9.71 Å². The summed E-state index contributed by atoms with van der Waals surface area (Å²) in [4.78, 5) is 4.01. The number of nitrogens with one attached hydrogen (secondary N) is 1. The second-order valence-corrected chi connectivity index (χ2v) is 6.51. The fourth-order valence-corrected chi connectivity index (χ4v) is 3.80. The van der Waals surface area contributed by atoms with E-state index in [1.165, 1.54) is 29.5 Å². The molecule has 18 heavy (non-hydrogen) atoms. The molecule has 1 aromatic heterocycles. The van der Waals surface area contributed by atoms with E-state index in [9.17, 15) is 8.42 Å². The Balaban J connectivity index is 2.36. The van der Waals surface area contributed by atoms with Crippen molar-refractivity contribution < 1.29 is 8.42 Å². The van der Waals surface area contributed by atoms with Crippen LogP contribution < -0.4 is 10.5 Å². The molecule has 0 saturated carbocycles. The lowest BCUT2D eigenvalue weighted by Gasteiger charge is -2.07. The number of nitrogens with two attached hydrogens (primary N) is 1. The Bertz CT molecular complexity index is 682. The van der Waals surface area contributed by atoms with Gasteiger partial charge in [-0.15, -0.1) is 11.3 Å². The van der Waals surface area contributed by atoms with Gasteiger partial charge in [0.05, 0.1) is 10.7 Å². The van der Waals surface area contributed by atoms with Gasteiger partial charge in [0.1, 0.15) is 4.90 Å². The Hall–Kier alpha value is -1.31. The van der Waals surface area contributed by atoms with Crippen LogP contribution in [0.1, 0.15) is 5.69 Å². The largest absolute Gasteiger partial charge is 0.399 e. The molecule has 1 heterocycles. The maximum atomic E-state index is 12.1. The second-order valence-electron chi connectivity index (χ2n) is 3.59. The second kappa shape index (κ2) is 4.75. The van der Waals surface area contributed by atoms with Gasteiger partial charge in [-0.3, -0.25) is 4.72 Å². The topological polar surface area (TPSA) is 85.1 Å². The molecule has 0 saturated heterocycles. The van der Waals surface area contributed by atoms with Gasteiger partial charge < -0.3 is 5.73 Å². The number of anilines is 2. The molecule has 2 aromatic rings. The molecule has 0 fully saturated rings. The molecule has 0 radical (unpaired) electrons. The lowest BCUT2D eigenvalue weighted by atomic mass is 10.3. The highest BCUT2D eigenvalue weighted by Gasteiger charge is 2.19. The monoisotopic (exact) mass is 303 g/mol. The summed E-state index contributed by atoms with van der Waals surface area (Å²) in [6.45, 7) is 1.78. The number of halogens is 1. The van der Waals surface area contributed by atoms with E-state index in [1.807, 2.05) is 0 Å². The van der Waals surface area contributed by atoms with Crippen LogP contribution in [0.25, 0.3) is 0 Å². The van der Waals surface area contributed by atoms with E-state index in [0.29, 0.717) is 10.8 Å². The van der Waals surface area contributed by atoms with Crippen LogP contribution in [0, 0.1) is 6.92 Å². The van der Waals surface area contributed by atoms with Gasteiger partial charge in [-0.25, -0.2) is 13.4 Å². The molecule has 2 rings (SSSR count). The number of benzene rings is 1. The minimum absolute atomic E-state index is 0.0220. The van der Waals surface area contributed by atoms with Crippen molar-refractivity contribution in [2.75, 3.05) is 10.5 Å². The molecule has 0 aliphatic heterocycles. The average Bonchev–Trinajstić information content (AvgIpc) is 2.62. The normalized spacial score (nSPS) is 11.4. The number of thiazole rings is 1. The van der Waals surface area contributed by atoms with Gasteiger partial charge in [-0.05, 0) is 25.1 Å². The fourth-order valence-electron chi connectivity index (χ4n) is 1.31. The highest BCUT2D eigenvalue weighted by molar-refractivity contribution is 7.93. The molecule has 0 bridgehead atoms. The molecular formula is C10H10ClN3O2S2. The first kappa shape index (κ1) is 13.1. The quantitative estimate of drug-likeness (QED) is 0.853. The van der Waals surface area contributed by atoms with Gasteiger partial charge in [0.25, 0.3) is 10.0 Å². The minimum atomic E-state index is -3.74. The van der Waals surface area contributed by atoms with Crippen LogP contribution >= 0.6 is 22.9 Å². The van der Waals surface area contributed by atoms with Crippen molar-refractivity contribution in [2.45, 2.75) is 11.8 Å². The van der Waals surface area contributed by atoms with Crippen molar-refractivity contribution >= 4 is 43.8 Å². The molecule has 96 valence electrons. The van der Waals surface area contributed by atoms with Gasteiger partial charge >= 0.3 is 0 Å². The molecule has 0 unspecified atom stereocenters. The van der Waals surface area contributed by atoms with Gasteiger partial charge in [-0.1, -0.05) is 11.6 Å². The molecule has 0 atom stereocenters. The number of sulfonamides is 1. The molecule has 0 spiro atoms. The standard InChI is InChI=1S/C10H10ClN3O2S2/c1-6-5-17-10(13-6)14-18(15,16)9-3-2-7(12)4-8(9)11/h2-5H,12H2,1H3,(H,13,14). The number of rotatable bonds is 3. The Labute approximate surface area is 114 Å². The van der Waals surface area contributed by atoms with Crippen LogP contribution in [0.15, 0.2) is 28.5 Å². The summed E-state index contributed by atoms with van der Waals surface area (Å²) in [7, 11) is -3.74. The lowest BCUT2D eigenvalue weighted by Crippen LogP contribution is -2.13. The zero-order valence-corrected chi connectivity index (χ0v) is 11.7. The Morgan fingerprint density at radius 2 is 2.17 bits per heavy atom. The fraction of sp³-hybridized carbons (Fsp3) is 0.100. The van der Waals surface area contributed by atoms with E-state index >= 15 is 0 Å². The minimum Gasteiger partial charge on any atom is -0.399 e. The van der Waals surface area contributed by atoms with Crippen molar-refractivity contribution in [2.24, 2.45) is 0 Å². The van der Waals surface area contributed by atoms with Crippen LogP contribution in [0.5, 0.6) is 0 Å². The molecule has 3 N–H and O–H groups in total. The summed E-state index contributed by atoms with van der Waals surface area (Å²) >= 11 is 7.08. The van der Waals surface area contributed by atoms with E-state index < -0.39 is 10.0 Å². The number of hydrogen-bond acceptors (Lipinski definition) is 5. The van der Waals surface area contributed by atoms with Crippen molar-refractivity contribution in [1.29, 1.82) is 0 Å². The summed E-state index contributed by atoms with van der Waals surface area (Å²) in [6, 6.07) is 4.23. The predicted octanol–water partition coefficient (Wildman–Crippen LogP) is 2.49. The van der Waals surface area contributed by atoms with Crippen molar-refractivity contribution in [3.63, 3.8) is 0 Å². The average molecular weight is 304 g/mol. The number of nitrogen functional groups attached to an aromatic ring is 1. The summed E-state index contributed by atoms with van der Waals surface area (Å²) in [6.07, 6.45) is 0.